The minimum Gasteiger partial charge on any atom is -0.494 e. The Bertz CT molecular complexity index is 2710. The molecule has 0 aliphatic carbocycles. The number of fused-ring (bicyclic) bond motifs is 2. The van der Waals surface area contributed by atoms with Gasteiger partial charge >= 0.3 is 0 Å². The van der Waals surface area contributed by atoms with E-state index in [2.05, 4.69) is 212 Å². The number of hydrogen-bond donors (Lipinski definition) is 0. The Labute approximate surface area is 358 Å². The van der Waals surface area contributed by atoms with Crippen LogP contribution >= 0.6 is 0 Å². The largest absolute Gasteiger partial charge is 0.494 e. The highest BCUT2D eigenvalue weighted by Gasteiger charge is 2.38. The summed E-state index contributed by atoms with van der Waals surface area (Å²) in [6, 6.07) is 67.5. The molecule has 0 fully saturated rings. The van der Waals surface area contributed by atoms with Crippen LogP contribution < -0.4 is 14.5 Å². The predicted octanol–water partition coefficient (Wildman–Crippen LogP) is 14.9. The van der Waals surface area contributed by atoms with Crippen LogP contribution in [-0.2, 0) is 8.58 Å². The summed E-state index contributed by atoms with van der Waals surface area (Å²) in [5.41, 5.74) is 9.48. The Morgan fingerprint density at radius 2 is 0.900 bits per heavy atom. The van der Waals surface area contributed by atoms with E-state index in [1.54, 1.807) is 0 Å². The fourth-order valence-corrected chi connectivity index (χ4v) is 20.5. The zero-order chi connectivity index (χ0) is 41.7. The standard InChI is InChI=1S/C52H52N2O3Si3/c1-6-58(55)39-60(5,57-59(2,3)4)38-56-48-36-34-47(35-37-48)54(52-25-15-19-43-17-11-13-23-50(43)52)46-32-28-41(29-33-46)40-26-30-45(31-27-40)53(44-20-8-7-9-21-44)51-24-14-18-42-16-10-12-22-49(42)51/h7-37H,6,38-39H2,1-5H3. The molecule has 1 unspecified atom stereocenters. The summed E-state index contributed by atoms with van der Waals surface area (Å²) in [4.78, 5) is 4.66. The van der Waals surface area contributed by atoms with Gasteiger partial charge in [0, 0.05) is 39.2 Å². The average Bonchev–Trinajstić information content (AvgIpc) is 3.27. The molecule has 0 saturated heterocycles. The summed E-state index contributed by atoms with van der Waals surface area (Å²) < 4.78 is 25.9. The Balaban J connectivity index is 1.09. The van der Waals surface area contributed by atoms with E-state index < -0.39 is 25.3 Å². The van der Waals surface area contributed by atoms with Gasteiger partial charge in [-0.3, -0.25) is 0 Å². The van der Waals surface area contributed by atoms with Crippen LogP contribution in [0.15, 0.2) is 188 Å². The lowest BCUT2D eigenvalue weighted by atomic mass is 10.0. The van der Waals surface area contributed by atoms with Gasteiger partial charge in [-0.15, -0.1) is 0 Å². The molecule has 1 atom stereocenters. The number of nitrogens with zero attached hydrogens (tertiary/aromatic N) is 2. The molecule has 8 aromatic rings. The van der Waals surface area contributed by atoms with Gasteiger partial charge in [0.05, 0.1) is 11.4 Å². The average molecular weight is 837 g/mol. The molecule has 0 aromatic heterocycles. The maximum absolute atomic E-state index is 12.8. The van der Waals surface area contributed by atoms with Crippen molar-refractivity contribution in [2.75, 3.05) is 16.0 Å². The minimum absolute atomic E-state index is 0.482. The lowest BCUT2D eigenvalue weighted by molar-refractivity contribution is 0.350. The highest BCUT2D eigenvalue weighted by molar-refractivity contribution is 6.89. The highest BCUT2D eigenvalue weighted by atomic mass is 28.4. The fraction of sp³-hybridized carbons (Fsp3) is 0.154. The first-order chi connectivity index (χ1) is 29.1. The molecule has 0 heterocycles. The van der Waals surface area contributed by atoms with E-state index in [9.17, 15) is 4.46 Å². The molecule has 0 radical (unpaired) electrons. The first-order valence-corrected chi connectivity index (χ1v) is 28.9. The van der Waals surface area contributed by atoms with Gasteiger partial charge in [0.2, 0.25) is 8.32 Å². The van der Waals surface area contributed by atoms with Crippen LogP contribution in [0.1, 0.15) is 6.92 Å². The monoisotopic (exact) mass is 836 g/mol. The molecule has 0 spiro atoms. The van der Waals surface area contributed by atoms with Crippen molar-refractivity contribution < 1.29 is 13.3 Å². The van der Waals surface area contributed by atoms with E-state index in [0.29, 0.717) is 17.9 Å². The molecule has 60 heavy (non-hydrogen) atoms. The normalized spacial score (nSPS) is 12.6. The van der Waals surface area contributed by atoms with Gasteiger partial charge < -0.3 is 23.1 Å². The summed E-state index contributed by atoms with van der Waals surface area (Å²) >= 11 is 0. The first-order valence-electron chi connectivity index (χ1n) is 20.8. The third-order valence-corrected chi connectivity index (χ3v) is 21.3. The van der Waals surface area contributed by atoms with Gasteiger partial charge in [-0.1, -0.05) is 122 Å². The van der Waals surface area contributed by atoms with E-state index in [4.69, 9.17) is 8.85 Å². The molecule has 5 nitrogen and oxygen atoms in total. The third kappa shape index (κ3) is 9.27. The van der Waals surface area contributed by atoms with Crippen LogP contribution in [0.2, 0.25) is 37.9 Å². The molecular weight excluding hydrogens is 785 g/mol. The SMILES string of the molecule is CC[Si](=O)C[Si](C)(COc1ccc(N(c2ccc(-c3ccc(N(c4ccccc4)c4cccc5ccccc45)cc3)cc2)c2cccc3ccccc23)cc1)O[Si](C)(C)C. The summed E-state index contributed by atoms with van der Waals surface area (Å²) in [7, 11) is -5.89. The topological polar surface area (TPSA) is 42.0 Å². The van der Waals surface area contributed by atoms with Crippen molar-refractivity contribution in [2.45, 2.75) is 44.8 Å². The Morgan fingerprint density at radius 3 is 1.37 bits per heavy atom. The fourth-order valence-electron chi connectivity index (χ4n) is 8.17. The molecule has 0 saturated carbocycles. The number of ether oxygens (including phenoxy) is 1. The smallest absolute Gasteiger partial charge is 0.275 e. The van der Waals surface area contributed by atoms with E-state index in [0.717, 1.165) is 51.0 Å². The quantitative estimate of drug-likeness (QED) is 0.0962. The van der Waals surface area contributed by atoms with Gasteiger partial charge in [0.1, 0.15) is 12.0 Å². The van der Waals surface area contributed by atoms with Gasteiger partial charge in [0.25, 0.3) is 8.68 Å². The van der Waals surface area contributed by atoms with Crippen LogP contribution in [0, 0.1) is 0 Å². The second-order valence-corrected chi connectivity index (χ2v) is 28.0. The molecule has 8 heteroatoms. The van der Waals surface area contributed by atoms with Gasteiger partial charge in [-0.2, -0.15) is 0 Å². The van der Waals surface area contributed by atoms with Crippen molar-refractivity contribution in [1.29, 1.82) is 0 Å². The van der Waals surface area contributed by atoms with Crippen molar-refractivity contribution in [3.8, 4) is 16.9 Å². The van der Waals surface area contributed by atoms with Crippen LogP contribution in [0.25, 0.3) is 32.7 Å². The molecule has 0 N–H and O–H groups in total. The van der Waals surface area contributed by atoms with Crippen LogP contribution in [0.5, 0.6) is 5.75 Å². The van der Waals surface area contributed by atoms with Gasteiger partial charge in [0.15, 0.2) is 8.32 Å². The molecule has 0 aliphatic heterocycles. The third-order valence-electron chi connectivity index (χ3n) is 10.8. The number of anilines is 6. The molecule has 0 aliphatic rings. The number of benzene rings is 8. The van der Waals surface area contributed by atoms with Gasteiger partial charge in [-0.05, 0) is 127 Å². The molecule has 0 bridgehead atoms. The molecule has 0 amide bonds. The van der Waals surface area contributed by atoms with Gasteiger partial charge in [-0.25, -0.2) is 0 Å². The summed E-state index contributed by atoms with van der Waals surface area (Å²) in [6.07, 6.45) is 0.482. The van der Waals surface area contributed by atoms with Crippen molar-refractivity contribution in [2.24, 2.45) is 0 Å². The number of para-hydroxylation sites is 1. The van der Waals surface area contributed by atoms with E-state index in [1.165, 1.54) is 21.5 Å². The van der Waals surface area contributed by atoms with Crippen molar-refractivity contribution in [3.63, 3.8) is 0 Å². The zero-order valence-electron chi connectivity index (χ0n) is 35.1. The maximum atomic E-state index is 12.8. The Kier molecular flexibility index (Phi) is 12.1. The second-order valence-electron chi connectivity index (χ2n) is 16.6. The molecule has 8 aromatic carbocycles. The van der Waals surface area contributed by atoms with Crippen LogP contribution in [0.3, 0.4) is 0 Å². The Morgan fingerprint density at radius 1 is 0.483 bits per heavy atom. The van der Waals surface area contributed by atoms with E-state index >= 15 is 0 Å². The highest BCUT2D eigenvalue weighted by Crippen LogP contribution is 2.42. The number of rotatable bonds is 15. The van der Waals surface area contributed by atoms with Crippen LogP contribution in [0.4, 0.5) is 34.1 Å². The zero-order valence-corrected chi connectivity index (χ0v) is 38.1. The lowest BCUT2D eigenvalue weighted by Gasteiger charge is -2.33. The van der Waals surface area contributed by atoms with E-state index in [1.807, 2.05) is 19.1 Å². The summed E-state index contributed by atoms with van der Waals surface area (Å²) in [5, 5.41) is 4.78. The minimum atomic E-state index is -2.35. The maximum Gasteiger partial charge on any atom is 0.275 e. The first kappa shape index (κ1) is 40.9. The van der Waals surface area contributed by atoms with Crippen LogP contribution in [-0.4, -0.2) is 31.5 Å². The molecular formula is C52H52N2O3Si3. The van der Waals surface area contributed by atoms with Crippen molar-refractivity contribution in [1.82, 2.24) is 0 Å². The van der Waals surface area contributed by atoms with Crippen molar-refractivity contribution in [3.05, 3.63) is 188 Å². The summed E-state index contributed by atoms with van der Waals surface area (Å²) in [6.45, 7) is 10.8. The lowest BCUT2D eigenvalue weighted by Crippen LogP contribution is -2.50. The second kappa shape index (κ2) is 17.7. The van der Waals surface area contributed by atoms with Crippen molar-refractivity contribution >= 4 is 81.0 Å². The van der Waals surface area contributed by atoms with E-state index in [-0.39, 0.29) is 0 Å². The summed E-state index contributed by atoms with van der Waals surface area (Å²) in [5.74, 6) is 0.788. The number of hydrogen-bond acceptors (Lipinski definition) is 5. The molecule has 300 valence electrons. The predicted molar refractivity (Wildman–Crippen MR) is 260 cm³/mol. The Hall–Kier alpha value is -5.91. The molecule has 8 rings (SSSR count).